The molecule has 3 nitrogen and oxygen atoms in total. The van der Waals surface area contributed by atoms with E-state index in [-0.39, 0.29) is 6.09 Å². The number of carbonyl (C=O) groups excluding carboxylic acids is 1. The SMILES string of the molecule is [CH2]CCCCCCNC(=O)OC(C)(C)C. The molecule has 89 valence electrons. The molecule has 0 fully saturated rings. The van der Waals surface area contributed by atoms with Crippen molar-refractivity contribution in [3.63, 3.8) is 0 Å². The second-order valence-corrected chi connectivity index (χ2v) is 4.70. The van der Waals surface area contributed by atoms with E-state index < -0.39 is 5.60 Å². The van der Waals surface area contributed by atoms with Gasteiger partial charge in [-0.05, 0) is 27.2 Å². The first-order valence-corrected chi connectivity index (χ1v) is 5.72. The molecule has 0 bridgehead atoms. The molecule has 3 heteroatoms. The van der Waals surface area contributed by atoms with Crippen molar-refractivity contribution in [3.8, 4) is 0 Å². The molecule has 0 unspecified atom stereocenters. The van der Waals surface area contributed by atoms with Crippen LogP contribution in [-0.4, -0.2) is 18.2 Å². The molecular formula is C12H24NO2. The smallest absolute Gasteiger partial charge is 0.407 e. The normalized spacial score (nSPS) is 11.2. The fourth-order valence-corrected chi connectivity index (χ4v) is 1.16. The Kier molecular flexibility index (Phi) is 7.18. The summed E-state index contributed by atoms with van der Waals surface area (Å²) in [5.74, 6) is 0. The second-order valence-electron chi connectivity index (χ2n) is 4.70. The fraction of sp³-hybridized carbons (Fsp3) is 0.833. The molecule has 0 rings (SSSR count). The standard InChI is InChI=1S/C12H24NO2/c1-5-6-7-8-9-10-13-11(14)15-12(2,3)4/h1,5-10H2,2-4H3,(H,13,14). The Labute approximate surface area is 93.6 Å². The van der Waals surface area contributed by atoms with E-state index >= 15 is 0 Å². The van der Waals surface area contributed by atoms with Crippen LogP contribution in [0.1, 0.15) is 52.9 Å². The van der Waals surface area contributed by atoms with Gasteiger partial charge in [0, 0.05) is 6.54 Å². The summed E-state index contributed by atoms with van der Waals surface area (Å²) in [6.07, 6.45) is 5.20. The zero-order valence-electron chi connectivity index (χ0n) is 10.3. The molecule has 1 radical (unpaired) electrons. The van der Waals surface area contributed by atoms with Crippen LogP contribution in [0.25, 0.3) is 0 Å². The van der Waals surface area contributed by atoms with E-state index in [1.807, 2.05) is 20.8 Å². The summed E-state index contributed by atoms with van der Waals surface area (Å²) < 4.78 is 5.11. The molecule has 0 heterocycles. The quantitative estimate of drug-likeness (QED) is 0.689. The lowest BCUT2D eigenvalue weighted by Crippen LogP contribution is -2.32. The minimum absolute atomic E-state index is 0.320. The number of amides is 1. The van der Waals surface area contributed by atoms with Crippen molar-refractivity contribution in [1.29, 1.82) is 0 Å². The maximum absolute atomic E-state index is 11.2. The van der Waals surface area contributed by atoms with Crippen LogP contribution in [0.3, 0.4) is 0 Å². The molecule has 0 aliphatic rings. The predicted octanol–water partition coefficient (Wildman–Crippen LogP) is 3.30. The highest BCUT2D eigenvalue weighted by molar-refractivity contribution is 5.67. The Bertz CT molecular complexity index is 173. The topological polar surface area (TPSA) is 38.3 Å². The molecular weight excluding hydrogens is 190 g/mol. The molecule has 0 aromatic heterocycles. The maximum Gasteiger partial charge on any atom is 0.407 e. The van der Waals surface area contributed by atoms with Gasteiger partial charge in [-0.25, -0.2) is 4.79 Å². The van der Waals surface area contributed by atoms with Gasteiger partial charge in [0.05, 0.1) is 0 Å². The summed E-state index contributed by atoms with van der Waals surface area (Å²) in [5, 5.41) is 2.74. The largest absolute Gasteiger partial charge is 0.444 e. The van der Waals surface area contributed by atoms with Gasteiger partial charge >= 0.3 is 6.09 Å². The third-order valence-electron chi connectivity index (χ3n) is 1.84. The van der Waals surface area contributed by atoms with Crippen LogP contribution in [0.15, 0.2) is 0 Å². The van der Waals surface area contributed by atoms with Gasteiger partial charge in [-0.2, -0.15) is 0 Å². The highest BCUT2D eigenvalue weighted by atomic mass is 16.6. The molecule has 1 amide bonds. The van der Waals surface area contributed by atoms with Gasteiger partial charge in [-0.3, -0.25) is 0 Å². The van der Waals surface area contributed by atoms with E-state index in [1.54, 1.807) is 0 Å². The van der Waals surface area contributed by atoms with E-state index in [0.717, 1.165) is 19.3 Å². The fourth-order valence-electron chi connectivity index (χ4n) is 1.16. The van der Waals surface area contributed by atoms with Crippen molar-refractivity contribution >= 4 is 6.09 Å². The Balaban J connectivity index is 3.32. The van der Waals surface area contributed by atoms with Crippen molar-refractivity contribution in [3.05, 3.63) is 6.92 Å². The highest BCUT2D eigenvalue weighted by Gasteiger charge is 2.15. The Morgan fingerprint density at radius 2 is 1.80 bits per heavy atom. The summed E-state index contributed by atoms with van der Waals surface area (Å²) in [4.78, 5) is 11.2. The lowest BCUT2D eigenvalue weighted by molar-refractivity contribution is 0.0527. The molecule has 0 aliphatic heterocycles. The molecule has 0 aromatic rings. The molecule has 0 aliphatic carbocycles. The number of hydrogen-bond acceptors (Lipinski definition) is 2. The Morgan fingerprint density at radius 1 is 1.20 bits per heavy atom. The van der Waals surface area contributed by atoms with Crippen LogP contribution in [0.2, 0.25) is 0 Å². The number of ether oxygens (including phenoxy) is 1. The summed E-state index contributed by atoms with van der Waals surface area (Å²) in [6.45, 7) is 10.1. The van der Waals surface area contributed by atoms with Gasteiger partial charge < -0.3 is 10.1 Å². The number of hydrogen-bond donors (Lipinski definition) is 1. The highest BCUT2D eigenvalue weighted by Crippen LogP contribution is 2.06. The maximum atomic E-state index is 11.2. The number of nitrogens with one attached hydrogen (secondary N) is 1. The monoisotopic (exact) mass is 214 g/mol. The summed E-state index contributed by atoms with van der Waals surface area (Å²) in [5.41, 5.74) is -0.405. The van der Waals surface area contributed by atoms with Crippen molar-refractivity contribution in [2.45, 2.75) is 58.5 Å². The third kappa shape index (κ3) is 11.2. The number of unbranched alkanes of at least 4 members (excludes halogenated alkanes) is 4. The molecule has 0 atom stereocenters. The average Bonchev–Trinajstić information content (AvgIpc) is 2.08. The lowest BCUT2D eigenvalue weighted by Gasteiger charge is -2.19. The first-order valence-electron chi connectivity index (χ1n) is 5.72. The van der Waals surface area contributed by atoms with Crippen molar-refractivity contribution in [2.24, 2.45) is 0 Å². The zero-order valence-corrected chi connectivity index (χ0v) is 10.3. The molecule has 0 spiro atoms. The van der Waals surface area contributed by atoms with E-state index in [0.29, 0.717) is 6.54 Å². The van der Waals surface area contributed by atoms with Crippen LogP contribution in [-0.2, 0) is 4.74 Å². The van der Waals surface area contributed by atoms with E-state index in [9.17, 15) is 4.79 Å². The molecule has 15 heavy (non-hydrogen) atoms. The van der Waals surface area contributed by atoms with Crippen LogP contribution >= 0.6 is 0 Å². The first kappa shape index (κ1) is 14.3. The first-order chi connectivity index (χ1) is 6.95. The number of alkyl carbamates (subject to hydrolysis) is 1. The summed E-state index contributed by atoms with van der Waals surface area (Å²) in [6, 6.07) is 0. The van der Waals surface area contributed by atoms with Crippen LogP contribution < -0.4 is 5.32 Å². The number of carbonyl (C=O) groups is 1. The van der Waals surface area contributed by atoms with Gasteiger partial charge in [-0.15, -0.1) is 0 Å². The van der Waals surface area contributed by atoms with Crippen LogP contribution in [0, 0.1) is 6.92 Å². The van der Waals surface area contributed by atoms with E-state index in [2.05, 4.69) is 12.2 Å². The van der Waals surface area contributed by atoms with Crippen LogP contribution in [0.5, 0.6) is 0 Å². The third-order valence-corrected chi connectivity index (χ3v) is 1.84. The molecule has 0 saturated heterocycles. The van der Waals surface area contributed by atoms with Gasteiger partial charge in [0.25, 0.3) is 0 Å². The minimum atomic E-state index is -0.405. The van der Waals surface area contributed by atoms with Crippen molar-refractivity contribution in [1.82, 2.24) is 5.32 Å². The molecule has 1 N–H and O–H groups in total. The van der Waals surface area contributed by atoms with E-state index in [4.69, 9.17) is 4.74 Å². The van der Waals surface area contributed by atoms with E-state index in [1.165, 1.54) is 12.8 Å². The molecule has 0 aromatic carbocycles. The summed E-state index contributed by atoms with van der Waals surface area (Å²) in [7, 11) is 0. The van der Waals surface area contributed by atoms with Crippen molar-refractivity contribution in [2.75, 3.05) is 6.54 Å². The predicted molar refractivity (Wildman–Crippen MR) is 62.7 cm³/mol. The van der Waals surface area contributed by atoms with Gasteiger partial charge in [0.2, 0.25) is 0 Å². The average molecular weight is 214 g/mol. The lowest BCUT2D eigenvalue weighted by atomic mass is 10.1. The van der Waals surface area contributed by atoms with Crippen molar-refractivity contribution < 1.29 is 9.53 Å². The second kappa shape index (κ2) is 7.55. The molecule has 0 saturated carbocycles. The minimum Gasteiger partial charge on any atom is -0.444 e. The summed E-state index contributed by atoms with van der Waals surface area (Å²) >= 11 is 0. The van der Waals surface area contributed by atoms with Gasteiger partial charge in [0.15, 0.2) is 0 Å². The van der Waals surface area contributed by atoms with Gasteiger partial charge in [0.1, 0.15) is 5.60 Å². The Hall–Kier alpha value is -0.730. The van der Waals surface area contributed by atoms with Crippen LogP contribution in [0.4, 0.5) is 4.79 Å². The Morgan fingerprint density at radius 3 is 2.33 bits per heavy atom. The van der Waals surface area contributed by atoms with Gasteiger partial charge in [-0.1, -0.05) is 32.6 Å². The number of rotatable bonds is 6. The zero-order chi connectivity index (χ0) is 11.7.